The number of sulfonamides is 1. The van der Waals surface area contributed by atoms with Crippen LogP contribution in [0.15, 0.2) is 47.4 Å². The van der Waals surface area contributed by atoms with Gasteiger partial charge in [0.05, 0.1) is 16.1 Å². The van der Waals surface area contributed by atoms with E-state index in [0.717, 1.165) is 24.8 Å². The molecule has 2 aromatic rings. The Kier molecular flexibility index (Phi) is 7.06. The van der Waals surface area contributed by atoms with Crippen molar-refractivity contribution in [1.82, 2.24) is 0 Å². The molecule has 2 aliphatic heterocycles. The van der Waals surface area contributed by atoms with E-state index >= 15 is 0 Å². The van der Waals surface area contributed by atoms with E-state index in [2.05, 4.69) is 13.8 Å². The second-order valence-electron chi connectivity index (χ2n) is 10.1. The molecule has 4 rings (SSSR count). The molecule has 0 radical (unpaired) electrons. The van der Waals surface area contributed by atoms with Crippen molar-refractivity contribution in [3.05, 3.63) is 53.6 Å². The summed E-state index contributed by atoms with van der Waals surface area (Å²) in [4.78, 5) is 13.2. The maximum Gasteiger partial charge on any atom is 0.264 e. The first-order valence-corrected chi connectivity index (χ1v) is 13.6. The van der Waals surface area contributed by atoms with Crippen molar-refractivity contribution in [3.63, 3.8) is 0 Å². The number of hydrogen-bond donors (Lipinski definition) is 0. The third-order valence-corrected chi connectivity index (χ3v) is 8.85. The first kappa shape index (κ1) is 24.7. The molecular formula is C27H35NO5S. The Labute approximate surface area is 203 Å². The standard InChI is InChI=1S/C27H35NO5S/c1-5-20-6-8-21(9-7-20)28(18-19(2)3)34(30,31)22-10-11-25-23(16-22)24(29)17-26(33-25)27(4)12-14-32-15-13-27/h6-11,16,19,26H,5,12-15,17-18H2,1-4H3. The van der Waals surface area contributed by atoms with E-state index in [1.54, 1.807) is 12.1 Å². The van der Waals surface area contributed by atoms with Crippen LogP contribution in [0.25, 0.3) is 0 Å². The molecule has 1 unspecified atom stereocenters. The normalized spacial score (nSPS) is 20.0. The Morgan fingerprint density at radius 1 is 1.09 bits per heavy atom. The van der Waals surface area contributed by atoms with Crippen LogP contribution in [0.1, 0.15) is 62.9 Å². The van der Waals surface area contributed by atoms with Gasteiger partial charge in [0.2, 0.25) is 0 Å². The van der Waals surface area contributed by atoms with Crippen LogP contribution >= 0.6 is 0 Å². The second kappa shape index (κ2) is 9.70. The van der Waals surface area contributed by atoms with Gasteiger partial charge in [-0.1, -0.05) is 39.8 Å². The third kappa shape index (κ3) is 4.86. The SMILES string of the molecule is CCc1ccc(N(CC(C)C)S(=O)(=O)c2ccc3c(c2)C(=O)CC(C2(C)CCOCC2)O3)cc1. The number of aryl methyl sites for hydroxylation is 1. The molecule has 0 spiro atoms. The van der Waals surface area contributed by atoms with Gasteiger partial charge in [-0.2, -0.15) is 0 Å². The Hall–Kier alpha value is -2.38. The van der Waals surface area contributed by atoms with Crippen molar-refractivity contribution < 1.29 is 22.7 Å². The summed E-state index contributed by atoms with van der Waals surface area (Å²) in [6, 6.07) is 12.3. The first-order valence-electron chi connectivity index (χ1n) is 12.2. The zero-order valence-corrected chi connectivity index (χ0v) is 21.4. The van der Waals surface area contributed by atoms with Crippen molar-refractivity contribution in [2.45, 2.75) is 64.4 Å². The van der Waals surface area contributed by atoms with Crippen molar-refractivity contribution >= 4 is 21.5 Å². The average molecular weight is 486 g/mol. The molecule has 2 aromatic carbocycles. The minimum absolute atomic E-state index is 0.0706. The van der Waals surface area contributed by atoms with Crippen LogP contribution in [-0.4, -0.2) is 40.1 Å². The van der Waals surface area contributed by atoms with E-state index in [0.29, 0.717) is 36.8 Å². The van der Waals surface area contributed by atoms with E-state index < -0.39 is 10.0 Å². The van der Waals surface area contributed by atoms with Gasteiger partial charge in [-0.15, -0.1) is 0 Å². The van der Waals surface area contributed by atoms with Gasteiger partial charge in [0, 0.05) is 31.6 Å². The molecule has 1 atom stereocenters. The Morgan fingerprint density at radius 2 is 1.76 bits per heavy atom. The van der Waals surface area contributed by atoms with Gasteiger partial charge in [0.15, 0.2) is 5.78 Å². The molecule has 0 bridgehead atoms. The highest BCUT2D eigenvalue weighted by Crippen LogP contribution is 2.42. The number of hydrogen-bond acceptors (Lipinski definition) is 5. The highest BCUT2D eigenvalue weighted by atomic mass is 32.2. The van der Waals surface area contributed by atoms with Crippen molar-refractivity contribution in [3.8, 4) is 5.75 Å². The number of carbonyl (C=O) groups is 1. The van der Waals surface area contributed by atoms with E-state index in [-0.39, 0.29) is 34.5 Å². The van der Waals surface area contributed by atoms with Gasteiger partial charge >= 0.3 is 0 Å². The average Bonchev–Trinajstić information content (AvgIpc) is 2.82. The maximum atomic E-state index is 13.7. The molecule has 0 N–H and O–H groups in total. The lowest BCUT2D eigenvalue weighted by molar-refractivity contribution is -0.0433. The van der Waals surface area contributed by atoms with Crippen LogP contribution in [0.4, 0.5) is 5.69 Å². The Morgan fingerprint density at radius 3 is 2.38 bits per heavy atom. The maximum absolute atomic E-state index is 13.7. The molecule has 0 saturated carbocycles. The topological polar surface area (TPSA) is 72.9 Å². The number of anilines is 1. The highest BCUT2D eigenvalue weighted by Gasteiger charge is 2.42. The highest BCUT2D eigenvalue weighted by molar-refractivity contribution is 7.92. The Bertz CT molecular complexity index is 1130. The second-order valence-corrected chi connectivity index (χ2v) is 12.0. The van der Waals surface area contributed by atoms with E-state index in [4.69, 9.17) is 9.47 Å². The molecular weight excluding hydrogens is 450 g/mol. The molecule has 1 saturated heterocycles. The van der Waals surface area contributed by atoms with Crippen LogP contribution in [0.3, 0.4) is 0 Å². The fraction of sp³-hybridized carbons (Fsp3) is 0.519. The number of fused-ring (bicyclic) bond motifs is 1. The lowest BCUT2D eigenvalue weighted by Gasteiger charge is -2.42. The molecule has 34 heavy (non-hydrogen) atoms. The molecule has 1 fully saturated rings. The summed E-state index contributed by atoms with van der Waals surface area (Å²) in [6.07, 6.45) is 2.59. The van der Waals surface area contributed by atoms with Crippen molar-refractivity contribution in [1.29, 1.82) is 0 Å². The summed E-state index contributed by atoms with van der Waals surface area (Å²) in [5, 5.41) is 0. The van der Waals surface area contributed by atoms with Gasteiger partial charge in [0.1, 0.15) is 11.9 Å². The molecule has 7 heteroatoms. The van der Waals surface area contributed by atoms with Gasteiger partial charge in [0.25, 0.3) is 10.0 Å². The number of rotatable bonds is 7. The Balaban J connectivity index is 1.66. The fourth-order valence-electron chi connectivity index (χ4n) is 4.71. The van der Waals surface area contributed by atoms with Crippen molar-refractivity contribution in [2.75, 3.05) is 24.1 Å². The number of Topliss-reactive ketones (excluding diaryl/α,β-unsaturated/α-hetero) is 1. The molecule has 0 aliphatic carbocycles. The van der Waals surface area contributed by atoms with Crippen LogP contribution in [0, 0.1) is 11.3 Å². The minimum atomic E-state index is -3.86. The van der Waals surface area contributed by atoms with Crippen LogP contribution in [0.5, 0.6) is 5.75 Å². The van der Waals surface area contributed by atoms with E-state index in [1.807, 2.05) is 38.1 Å². The summed E-state index contributed by atoms with van der Waals surface area (Å²) in [5.41, 5.74) is 1.99. The number of ether oxygens (including phenoxy) is 2. The number of carbonyl (C=O) groups excluding carboxylic acids is 1. The zero-order valence-electron chi connectivity index (χ0n) is 20.5. The quantitative estimate of drug-likeness (QED) is 0.536. The monoisotopic (exact) mass is 485 g/mol. The van der Waals surface area contributed by atoms with Gasteiger partial charge in [-0.05, 0) is 61.1 Å². The predicted octanol–water partition coefficient (Wildman–Crippen LogP) is 5.25. The van der Waals surface area contributed by atoms with Gasteiger partial charge in [-0.3, -0.25) is 9.10 Å². The van der Waals surface area contributed by atoms with E-state index in [9.17, 15) is 13.2 Å². The molecule has 0 amide bonds. The van der Waals surface area contributed by atoms with Crippen LogP contribution in [-0.2, 0) is 21.2 Å². The molecule has 2 aliphatic rings. The van der Waals surface area contributed by atoms with Crippen LogP contribution < -0.4 is 9.04 Å². The largest absolute Gasteiger partial charge is 0.489 e. The summed E-state index contributed by atoms with van der Waals surface area (Å²) in [7, 11) is -3.86. The molecule has 184 valence electrons. The van der Waals surface area contributed by atoms with Crippen LogP contribution in [0.2, 0.25) is 0 Å². The summed E-state index contributed by atoms with van der Waals surface area (Å²) >= 11 is 0. The van der Waals surface area contributed by atoms with Gasteiger partial charge < -0.3 is 9.47 Å². The fourth-order valence-corrected chi connectivity index (χ4v) is 6.37. The van der Waals surface area contributed by atoms with Crippen molar-refractivity contribution in [2.24, 2.45) is 11.3 Å². The molecule has 6 nitrogen and oxygen atoms in total. The summed E-state index contributed by atoms with van der Waals surface area (Å²) in [6.45, 7) is 9.87. The minimum Gasteiger partial charge on any atom is -0.489 e. The number of benzene rings is 2. The summed E-state index contributed by atoms with van der Waals surface area (Å²) < 4.78 is 40.7. The number of ketones is 1. The predicted molar refractivity (Wildman–Crippen MR) is 133 cm³/mol. The molecule has 0 aromatic heterocycles. The van der Waals surface area contributed by atoms with Gasteiger partial charge in [-0.25, -0.2) is 8.42 Å². The smallest absolute Gasteiger partial charge is 0.264 e. The van der Waals surface area contributed by atoms with E-state index in [1.165, 1.54) is 10.4 Å². The lowest BCUT2D eigenvalue weighted by Crippen LogP contribution is -2.44. The first-order chi connectivity index (χ1) is 16.1. The number of nitrogens with zero attached hydrogens (tertiary/aromatic N) is 1. The summed E-state index contributed by atoms with van der Waals surface area (Å²) in [5.74, 6) is 0.526. The third-order valence-electron chi connectivity index (χ3n) is 7.06. The zero-order chi connectivity index (χ0) is 24.5. The lowest BCUT2D eigenvalue weighted by atomic mass is 9.74. The molecule has 2 heterocycles.